The van der Waals surface area contributed by atoms with E-state index in [1.165, 1.54) is 19.4 Å². The van der Waals surface area contributed by atoms with Crippen molar-refractivity contribution >= 4 is 39.2 Å². The first-order valence-electron chi connectivity index (χ1n) is 5.50. The maximum Gasteiger partial charge on any atom is 0.238 e. The average Bonchev–Trinajstić information content (AvgIpc) is 2.37. The summed E-state index contributed by atoms with van der Waals surface area (Å²) in [5.41, 5.74) is 1.40. The van der Waals surface area contributed by atoms with E-state index in [2.05, 4.69) is 9.97 Å². The summed E-state index contributed by atoms with van der Waals surface area (Å²) in [4.78, 5) is 8.06. The van der Waals surface area contributed by atoms with Crippen LogP contribution in [-0.2, 0) is 10.0 Å². The van der Waals surface area contributed by atoms with Crippen molar-refractivity contribution in [1.82, 2.24) is 9.97 Å². The van der Waals surface area contributed by atoms with E-state index in [9.17, 15) is 8.42 Å². The van der Waals surface area contributed by atoms with Gasteiger partial charge in [-0.15, -0.1) is 0 Å². The second-order valence-electron chi connectivity index (χ2n) is 4.13. The molecule has 0 saturated heterocycles. The van der Waals surface area contributed by atoms with Crippen LogP contribution in [0.15, 0.2) is 30.6 Å². The van der Waals surface area contributed by atoms with E-state index in [4.69, 9.17) is 23.2 Å². The lowest BCUT2D eigenvalue weighted by atomic mass is 10.1. The molecule has 20 heavy (non-hydrogen) atoms. The topological polar surface area (TPSA) is 63.2 Å². The molecule has 0 atom stereocenters. The Morgan fingerprint density at radius 3 is 2.25 bits per heavy atom. The summed E-state index contributed by atoms with van der Waals surface area (Å²) in [7, 11) is -1.99. The fraction of sp³-hybridized carbons (Fsp3) is 0.167. The second-order valence-corrected chi connectivity index (χ2v) is 6.98. The van der Waals surface area contributed by atoms with Gasteiger partial charge in [0.15, 0.2) is 0 Å². The van der Waals surface area contributed by atoms with E-state index in [1.54, 1.807) is 18.2 Å². The van der Waals surface area contributed by atoms with E-state index in [-0.39, 0.29) is 5.95 Å². The van der Waals surface area contributed by atoms with Gasteiger partial charge in [0, 0.05) is 40.6 Å². The molecule has 0 amide bonds. The molecular formula is C12H11Cl2N3O2S. The van der Waals surface area contributed by atoms with Crippen LogP contribution in [-0.4, -0.2) is 31.7 Å². The fourth-order valence-corrected chi connectivity index (χ4v) is 2.40. The molecule has 2 aromatic rings. The van der Waals surface area contributed by atoms with Crippen LogP contribution in [0, 0.1) is 0 Å². The molecular weight excluding hydrogens is 321 g/mol. The van der Waals surface area contributed by atoms with Gasteiger partial charge in [0.05, 0.1) is 6.26 Å². The number of nitrogens with zero attached hydrogens (tertiary/aromatic N) is 3. The molecule has 0 aliphatic rings. The van der Waals surface area contributed by atoms with Gasteiger partial charge in [0.1, 0.15) is 0 Å². The highest BCUT2D eigenvalue weighted by Crippen LogP contribution is 2.29. The lowest BCUT2D eigenvalue weighted by Crippen LogP contribution is -2.26. The summed E-state index contributed by atoms with van der Waals surface area (Å²) in [5, 5.41) is 1.01. The van der Waals surface area contributed by atoms with Crippen LogP contribution >= 0.6 is 23.2 Å². The monoisotopic (exact) mass is 331 g/mol. The summed E-state index contributed by atoms with van der Waals surface area (Å²) >= 11 is 11.9. The Kier molecular flexibility index (Phi) is 4.17. The minimum Gasteiger partial charge on any atom is -0.241 e. The lowest BCUT2D eigenvalue weighted by Gasteiger charge is -2.14. The number of rotatable bonds is 3. The number of aromatic nitrogens is 2. The van der Waals surface area contributed by atoms with Crippen molar-refractivity contribution in [3.63, 3.8) is 0 Å². The first-order valence-corrected chi connectivity index (χ1v) is 8.11. The number of hydrogen-bond acceptors (Lipinski definition) is 4. The highest BCUT2D eigenvalue weighted by molar-refractivity contribution is 7.92. The molecule has 1 aromatic heterocycles. The summed E-state index contributed by atoms with van der Waals surface area (Å²) in [6, 6.07) is 5.08. The van der Waals surface area contributed by atoms with Gasteiger partial charge in [0.25, 0.3) is 0 Å². The third-order valence-corrected chi connectivity index (χ3v) is 4.37. The Morgan fingerprint density at radius 1 is 1.15 bits per heavy atom. The summed E-state index contributed by atoms with van der Waals surface area (Å²) in [6.45, 7) is 0. The van der Waals surface area contributed by atoms with E-state index in [0.717, 1.165) is 16.1 Å². The highest BCUT2D eigenvalue weighted by atomic mass is 35.5. The minimum atomic E-state index is -3.38. The molecule has 1 heterocycles. The van der Waals surface area contributed by atoms with Crippen LogP contribution in [0.25, 0.3) is 11.1 Å². The van der Waals surface area contributed by atoms with Crippen LogP contribution in [0.3, 0.4) is 0 Å². The Labute approximate surface area is 127 Å². The molecule has 5 nitrogen and oxygen atoms in total. The van der Waals surface area contributed by atoms with Crippen LogP contribution in [0.1, 0.15) is 0 Å². The first kappa shape index (κ1) is 15.0. The molecule has 0 spiro atoms. The van der Waals surface area contributed by atoms with Gasteiger partial charge in [-0.1, -0.05) is 29.3 Å². The fourth-order valence-electron chi connectivity index (χ4n) is 1.49. The summed E-state index contributed by atoms with van der Waals surface area (Å²) < 4.78 is 23.8. The maximum atomic E-state index is 11.4. The van der Waals surface area contributed by atoms with Crippen LogP contribution in [0.2, 0.25) is 10.0 Å². The second kappa shape index (κ2) is 5.55. The number of sulfonamides is 1. The SMILES string of the molecule is CN(c1ncc(-c2ccc(Cl)cc2Cl)cn1)S(C)(=O)=O. The van der Waals surface area contributed by atoms with Crippen LogP contribution < -0.4 is 4.31 Å². The minimum absolute atomic E-state index is 0.0985. The predicted molar refractivity (Wildman–Crippen MR) is 80.7 cm³/mol. The Hall–Kier alpha value is -1.37. The zero-order valence-electron chi connectivity index (χ0n) is 10.7. The standard InChI is InChI=1S/C12H11Cl2N3O2S/c1-17(20(2,18)19)12-15-6-8(7-16-12)10-4-3-9(13)5-11(10)14/h3-7H,1-2H3. The number of anilines is 1. The Morgan fingerprint density at radius 2 is 1.75 bits per heavy atom. The summed E-state index contributed by atoms with van der Waals surface area (Å²) in [5.74, 6) is 0.0985. The summed E-state index contributed by atoms with van der Waals surface area (Å²) in [6.07, 6.45) is 4.11. The van der Waals surface area contributed by atoms with Crippen LogP contribution in [0.5, 0.6) is 0 Å². The molecule has 0 aliphatic heterocycles. The van der Waals surface area contributed by atoms with Crippen molar-refractivity contribution in [3.05, 3.63) is 40.6 Å². The molecule has 0 fully saturated rings. The molecule has 0 saturated carbocycles. The van der Waals surface area contributed by atoms with Crippen molar-refractivity contribution in [3.8, 4) is 11.1 Å². The lowest BCUT2D eigenvalue weighted by molar-refractivity contribution is 0.599. The highest BCUT2D eigenvalue weighted by Gasteiger charge is 2.15. The number of hydrogen-bond donors (Lipinski definition) is 0. The van der Waals surface area contributed by atoms with E-state index in [1.807, 2.05) is 0 Å². The van der Waals surface area contributed by atoms with Gasteiger partial charge < -0.3 is 0 Å². The van der Waals surface area contributed by atoms with Gasteiger partial charge in [-0.2, -0.15) is 0 Å². The maximum absolute atomic E-state index is 11.4. The van der Waals surface area contributed by atoms with Crippen molar-refractivity contribution in [1.29, 1.82) is 0 Å². The molecule has 0 N–H and O–H groups in total. The van der Waals surface area contributed by atoms with Gasteiger partial charge in [-0.05, 0) is 12.1 Å². The molecule has 106 valence electrons. The normalized spacial score (nSPS) is 11.4. The first-order chi connectivity index (χ1) is 9.29. The molecule has 0 aliphatic carbocycles. The Balaban J connectivity index is 2.38. The zero-order chi connectivity index (χ0) is 14.9. The third-order valence-electron chi connectivity index (χ3n) is 2.66. The smallest absolute Gasteiger partial charge is 0.238 e. The van der Waals surface area contributed by atoms with Crippen molar-refractivity contribution in [2.24, 2.45) is 0 Å². The number of benzene rings is 1. The van der Waals surface area contributed by atoms with Gasteiger partial charge >= 0.3 is 0 Å². The zero-order valence-corrected chi connectivity index (χ0v) is 13.0. The van der Waals surface area contributed by atoms with Crippen molar-refractivity contribution in [2.45, 2.75) is 0 Å². The van der Waals surface area contributed by atoms with E-state index in [0.29, 0.717) is 15.6 Å². The van der Waals surface area contributed by atoms with Crippen molar-refractivity contribution in [2.75, 3.05) is 17.6 Å². The molecule has 1 aromatic carbocycles. The quantitative estimate of drug-likeness (QED) is 0.867. The van der Waals surface area contributed by atoms with Crippen LogP contribution in [0.4, 0.5) is 5.95 Å². The molecule has 8 heteroatoms. The van der Waals surface area contributed by atoms with E-state index < -0.39 is 10.0 Å². The molecule has 0 bridgehead atoms. The van der Waals surface area contributed by atoms with E-state index >= 15 is 0 Å². The van der Waals surface area contributed by atoms with Crippen molar-refractivity contribution < 1.29 is 8.42 Å². The largest absolute Gasteiger partial charge is 0.241 e. The van der Waals surface area contributed by atoms with Gasteiger partial charge in [0.2, 0.25) is 16.0 Å². The molecule has 0 radical (unpaired) electrons. The Bertz CT molecular complexity index is 733. The van der Waals surface area contributed by atoms with Gasteiger partial charge in [-0.3, -0.25) is 0 Å². The third kappa shape index (κ3) is 3.20. The molecule has 2 rings (SSSR count). The van der Waals surface area contributed by atoms with Gasteiger partial charge in [-0.25, -0.2) is 22.7 Å². The average molecular weight is 332 g/mol. The molecule has 0 unspecified atom stereocenters. The predicted octanol–water partition coefficient (Wildman–Crippen LogP) is 2.85. The number of halogens is 2.